The van der Waals surface area contributed by atoms with E-state index in [-0.39, 0.29) is 18.6 Å². The number of nitrogens with two attached hydrogens (primary N) is 1. The SMILES string of the molecule is Nc1ccc(C(=O)OCC(=O)N2N=C(c3cccs3)C[C@H]2c2cccs2)cc1. The summed E-state index contributed by atoms with van der Waals surface area (Å²) in [5, 5.41) is 9.94. The molecular formula is C20H17N3O3S2. The van der Waals surface area contributed by atoms with Gasteiger partial charge in [0.25, 0.3) is 5.91 Å². The van der Waals surface area contributed by atoms with Crippen LogP contribution in [0.3, 0.4) is 0 Å². The number of carbonyl (C=O) groups is 2. The molecule has 0 spiro atoms. The normalized spacial score (nSPS) is 16.1. The van der Waals surface area contributed by atoms with Crippen LogP contribution in [-0.2, 0) is 9.53 Å². The zero-order chi connectivity index (χ0) is 19.5. The Balaban J connectivity index is 1.48. The third kappa shape index (κ3) is 3.83. The third-order valence-corrected chi connectivity index (χ3v) is 6.21. The van der Waals surface area contributed by atoms with Crippen molar-refractivity contribution < 1.29 is 14.3 Å². The monoisotopic (exact) mass is 411 g/mol. The first kappa shape index (κ1) is 18.4. The fraction of sp³-hybridized carbons (Fsp3) is 0.150. The molecule has 1 aliphatic heterocycles. The second-order valence-electron chi connectivity index (χ2n) is 6.20. The topological polar surface area (TPSA) is 85.0 Å². The number of hydrazone groups is 1. The van der Waals surface area contributed by atoms with E-state index in [2.05, 4.69) is 5.10 Å². The molecule has 0 bridgehead atoms. The maximum absolute atomic E-state index is 12.8. The number of carbonyl (C=O) groups excluding carboxylic acids is 2. The lowest BCUT2D eigenvalue weighted by Gasteiger charge is -2.20. The van der Waals surface area contributed by atoms with E-state index in [0.29, 0.717) is 17.7 Å². The minimum atomic E-state index is -0.567. The highest BCUT2D eigenvalue weighted by Crippen LogP contribution is 2.35. The van der Waals surface area contributed by atoms with Crippen molar-refractivity contribution in [1.82, 2.24) is 5.01 Å². The third-order valence-electron chi connectivity index (χ3n) is 4.32. The van der Waals surface area contributed by atoms with Gasteiger partial charge in [-0.15, -0.1) is 22.7 Å². The lowest BCUT2D eigenvalue weighted by Crippen LogP contribution is -2.31. The van der Waals surface area contributed by atoms with Gasteiger partial charge in [0.2, 0.25) is 0 Å². The Bertz CT molecular complexity index is 996. The van der Waals surface area contributed by atoms with Crippen molar-refractivity contribution in [1.29, 1.82) is 0 Å². The Labute approximate surface area is 169 Å². The standard InChI is InChI=1S/C20H17N3O3S2/c21-14-7-5-13(6-8-14)20(25)26-12-19(24)23-16(18-4-2-10-28-18)11-15(22-23)17-3-1-9-27-17/h1-10,16H,11-12,21H2/t16-/m0/s1. The predicted octanol–water partition coefficient (Wildman–Crippen LogP) is 3.93. The van der Waals surface area contributed by atoms with Crippen molar-refractivity contribution in [2.45, 2.75) is 12.5 Å². The van der Waals surface area contributed by atoms with Gasteiger partial charge in [-0.2, -0.15) is 5.10 Å². The Morgan fingerprint density at radius 1 is 1.11 bits per heavy atom. The van der Waals surface area contributed by atoms with Gasteiger partial charge in [0.05, 0.1) is 22.2 Å². The predicted molar refractivity (Wildman–Crippen MR) is 111 cm³/mol. The van der Waals surface area contributed by atoms with E-state index in [1.807, 2.05) is 35.0 Å². The summed E-state index contributed by atoms with van der Waals surface area (Å²) < 4.78 is 5.20. The van der Waals surface area contributed by atoms with E-state index >= 15 is 0 Å². The van der Waals surface area contributed by atoms with Gasteiger partial charge in [0.1, 0.15) is 0 Å². The molecule has 1 aliphatic rings. The molecule has 0 saturated carbocycles. The van der Waals surface area contributed by atoms with Crippen LogP contribution in [0.4, 0.5) is 5.69 Å². The molecule has 0 aliphatic carbocycles. The second kappa shape index (κ2) is 7.95. The molecule has 3 heterocycles. The van der Waals surface area contributed by atoms with E-state index in [9.17, 15) is 9.59 Å². The maximum Gasteiger partial charge on any atom is 0.338 e. The molecule has 142 valence electrons. The summed E-state index contributed by atoms with van der Waals surface area (Å²) in [5.41, 5.74) is 7.39. The van der Waals surface area contributed by atoms with Crippen LogP contribution in [0.5, 0.6) is 0 Å². The van der Waals surface area contributed by atoms with Crippen LogP contribution in [0.15, 0.2) is 64.4 Å². The van der Waals surface area contributed by atoms with Crippen molar-refractivity contribution in [2.24, 2.45) is 5.10 Å². The second-order valence-corrected chi connectivity index (χ2v) is 8.12. The number of benzene rings is 1. The molecule has 3 aromatic rings. The summed E-state index contributed by atoms with van der Waals surface area (Å²) >= 11 is 3.17. The number of anilines is 1. The van der Waals surface area contributed by atoms with Gasteiger partial charge in [0, 0.05) is 17.0 Å². The number of amides is 1. The molecule has 2 aromatic heterocycles. The van der Waals surface area contributed by atoms with Crippen molar-refractivity contribution in [3.05, 3.63) is 74.6 Å². The molecule has 2 N–H and O–H groups in total. The van der Waals surface area contributed by atoms with E-state index < -0.39 is 5.97 Å². The quantitative estimate of drug-likeness (QED) is 0.509. The zero-order valence-electron chi connectivity index (χ0n) is 14.8. The first-order chi connectivity index (χ1) is 13.6. The Morgan fingerprint density at radius 2 is 1.86 bits per heavy atom. The van der Waals surface area contributed by atoms with Crippen LogP contribution < -0.4 is 5.73 Å². The molecule has 6 nitrogen and oxygen atoms in total. The van der Waals surface area contributed by atoms with Crippen LogP contribution >= 0.6 is 22.7 Å². The summed E-state index contributed by atoms with van der Waals surface area (Å²) in [4.78, 5) is 27.0. The minimum absolute atomic E-state index is 0.181. The van der Waals surface area contributed by atoms with Crippen molar-refractivity contribution in [3.8, 4) is 0 Å². The Morgan fingerprint density at radius 3 is 2.54 bits per heavy atom. The molecule has 0 radical (unpaired) electrons. The van der Waals surface area contributed by atoms with Gasteiger partial charge in [0.15, 0.2) is 6.61 Å². The molecule has 28 heavy (non-hydrogen) atoms. The zero-order valence-corrected chi connectivity index (χ0v) is 16.4. The molecule has 4 rings (SSSR count). The van der Waals surface area contributed by atoms with Crippen LogP contribution in [0.2, 0.25) is 0 Å². The van der Waals surface area contributed by atoms with Gasteiger partial charge >= 0.3 is 5.97 Å². The average molecular weight is 412 g/mol. The Kier molecular flexibility index (Phi) is 5.23. The number of nitrogens with zero attached hydrogens (tertiary/aromatic N) is 2. The maximum atomic E-state index is 12.8. The number of ether oxygens (including phenoxy) is 1. The highest BCUT2D eigenvalue weighted by atomic mass is 32.1. The largest absolute Gasteiger partial charge is 0.452 e. The number of esters is 1. The summed E-state index contributed by atoms with van der Waals surface area (Å²) in [6.07, 6.45) is 0.638. The molecule has 1 aromatic carbocycles. The molecule has 0 saturated heterocycles. The minimum Gasteiger partial charge on any atom is -0.452 e. The van der Waals surface area contributed by atoms with Gasteiger partial charge in [-0.25, -0.2) is 9.80 Å². The number of thiophene rings is 2. The van der Waals surface area contributed by atoms with Crippen molar-refractivity contribution in [3.63, 3.8) is 0 Å². The van der Waals surface area contributed by atoms with Gasteiger partial charge in [-0.05, 0) is 47.2 Å². The van der Waals surface area contributed by atoms with Crippen LogP contribution in [0.1, 0.15) is 32.6 Å². The molecule has 1 amide bonds. The van der Waals surface area contributed by atoms with E-state index in [4.69, 9.17) is 10.5 Å². The highest BCUT2D eigenvalue weighted by Gasteiger charge is 2.34. The average Bonchev–Trinajstić information content (AvgIpc) is 3.46. The fourth-order valence-electron chi connectivity index (χ4n) is 2.93. The molecular weight excluding hydrogens is 394 g/mol. The van der Waals surface area contributed by atoms with E-state index in [0.717, 1.165) is 15.5 Å². The van der Waals surface area contributed by atoms with Gasteiger partial charge in [-0.3, -0.25) is 4.79 Å². The summed E-state index contributed by atoms with van der Waals surface area (Å²) in [6.45, 7) is -0.369. The van der Waals surface area contributed by atoms with Crippen molar-refractivity contribution >= 4 is 45.9 Å². The first-order valence-electron chi connectivity index (χ1n) is 8.61. The van der Waals surface area contributed by atoms with Crippen molar-refractivity contribution in [2.75, 3.05) is 12.3 Å². The fourth-order valence-corrected chi connectivity index (χ4v) is 4.46. The summed E-state index contributed by atoms with van der Waals surface area (Å²) in [5.74, 6) is -0.920. The van der Waals surface area contributed by atoms with Crippen LogP contribution in [0, 0.1) is 0 Å². The molecule has 1 atom stereocenters. The summed E-state index contributed by atoms with van der Waals surface area (Å²) in [7, 11) is 0. The summed E-state index contributed by atoms with van der Waals surface area (Å²) in [6, 6.07) is 14.1. The molecule has 8 heteroatoms. The van der Waals surface area contributed by atoms with Gasteiger partial charge in [-0.1, -0.05) is 12.1 Å². The lowest BCUT2D eigenvalue weighted by atomic mass is 10.1. The number of hydrogen-bond acceptors (Lipinski definition) is 7. The molecule has 0 unspecified atom stereocenters. The lowest BCUT2D eigenvalue weighted by molar-refractivity contribution is -0.136. The smallest absolute Gasteiger partial charge is 0.338 e. The van der Waals surface area contributed by atoms with Crippen LogP contribution in [0.25, 0.3) is 0 Å². The number of rotatable bonds is 5. The first-order valence-corrected chi connectivity index (χ1v) is 10.4. The number of hydrogen-bond donors (Lipinski definition) is 1. The molecule has 0 fully saturated rings. The van der Waals surface area contributed by atoms with Gasteiger partial charge < -0.3 is 10.5 Å². The van der Waals surface area contributed by atoms with Crippen LogP contribution in [-0.4, -0.2) is 29.2 Å². The van der Waals surface area contributed by atoms with E-state index in [1.165, 1.54) is 5.01 Å². The van der Waals surface area contributed by atoms with E-state index in [1.54, 1.807) is 46.9 Å². The number of nitrogen functional groups attached to an aromatic ring is 1. The highest BCUT2D eigenvalue weighted by molar-refractivity contribution is 7.12. The Hall–Kier alpha value is -2.97.